The lowest BCUT2D eigenvalue weighted by molar-refractivity contribution is -0.135. The number of hydrogen-bond acceptors (Lipinski definition) is 4. The summed E-state index contributed by atoms with van der Waals surface area (Å²) >= 11 is 0. The minimum Gasteiger partial charge on any atom is -0.353 e. The number of piperazine rings is 1. The van der Waals surface area contributed by atoms with Crippen LogP contribution in [0.3, 0.4) is 0 Å². The number of rotatable bonds is 5. The zero-order valence-electron chi connectivity index (χ0n) is 20.3. The summed E-state index contributed by atoms with van der Waals surface area (Å²) in [4.78, 5) is 27.5. The van der Waals surface area contributed by atoms with Gasteiger partial charge in [-0.2, -0.15) is 0 Å². The van der Waals surface area contributed by atoms with E-state index in [9.17, 15) is 4.79 Å². The van der Waals surface area contributed by atoms with Crippen molar-refractivity contribution in [3.05, 3.63) is 77.0 Å². The largest absolute Gasteiger partial charge is 0.353 e. The molecule has 34 heavy (non-hydrogen) atoms. The van der Waals surface area contributed by atoms with Crippen LogP contribution in [-0.4, -0.2) is 47.0 Å². The van der Waals surface area contributed by atoms with Crippen LogP contribution in [0.4, 0.5) is 5.82 Å². The first-order valence-corrected chi connectivity index (χ1v) is 12.6. The van der Waals surface area contributed by atoms with Crippen LogP contribution in [0.1, 0.15) is 48.1 Å². The number of aryl methyl sites for hydroxylation is 2. The Hall–Kier alpha value is -3.21. The molecule has 1 saturated carbocycles. The monoisotopic (exact) mass is 454 g/mol. The molecule has 0 atom stereocenters. The SMILES string of the molecule is Cc1cccc(-c2nc(C)c(Cc3ccccc3)c(N3CCN(C(=O)C4CCCC4)CC3)n2)c1. The molecule has 1 aliphatic carbocycles. The summed E-state index contributed by atoms with van der Waals surface area (Å²) < 4.78 is 0. The van der Waals surface area contributed by atoms with Crippen molar-refractivity contribution in [2.75, 3.05) is 31.1 Å². The fourth-order valence-corrected chi connectivity index (χ4v) is 5.33. The molecule has 3 aromatic rings. The molecule has 0 N–H and O–H groups in total. The molecule has 1 aliphatic heterocycles. The summed E-state index contributed by atoms with van der Waals surface area (Å²) in [5, 5.41) is 0. The Morgan fingerprint density at radius 1 is 0.912 bits per heavy atom. The Labute approximate surface area is 202 Å². The van der Waals surface area contributed by atoms with Gasteiger partial charge in [-0.1, -0.05) is 66.9 Å². The van der Waals surface area contributed by atoms with Crippen molar-refractivity contribution in [1.29, 1.82) is 0 Å². The van der Waals surface area contributed by atoms with Gasteiger partial charge in [0.2, 0.25) is 5.91 Å². The van der Waals surface area contributed by atoms with Crippen LogP contribution in [0.15, 0.2) is 54.6 Å². The van der Waals surface area contributed by atoms with Gasteiger partial charge in [-0.3, -0.25) is 4.79 Å². The lowest BCUT2D eigenvalue weighted by Gasteiger charge is -2.37. The van der Waals surface area contributed by atoms with Crippen molar-refractivity contribution >= 4 is 11.7 Å². The van der Waals surface area contributed by atoms with E-state index in [0.717, 1.165) is 68.3 Å². The fraction of sp³-hybridized carbons (Fsp3) is 0.414. The van der Waals surface area contributed by atoms with E-state index < -0.39 is 0 Å². The van der Waals surface area contributed by atoms with Crippen molar-refractivity contribution in [3.63, 3.8) is 0 Å². The first kappa shape index (κ1) is 22.6. The molecule has 5 heteroatoms. The van der Waals surface area contributed by atoms with Gasteiger partial charge in [0, 0.05) is 55.3 Å². The Morgan fingerprint density at radius 3 is 2.35 bits per heavy atom. The summed E-state index contributed by atoms with van der Waals surface area (Å²) in [6, 6.07) is 18.9. The van der Waals surface area contributed by atoms with Crippen molar-refractivity contribution in [1.82, 2.24) is 14.9 Å². The van der Waals surface area contributed by atoms with Crippen LogP contribution in [0.2, 0.25) is 0 Å². The van der Waals surface area contributed by atoms with E-state index in [-0.39, 0.29) is 5.92 Å². The van der Waals surface area contributed by atoms with E-state index in [1.54, 1.807) is 0 Å². The summed E-state index contributed by atoms with van der Waals surface area (Å²) in [6.07, 6.45) is 5.32. The quantitative estimate of drug-likeness (QED) is 0.532. The molecule has 2 fully saturated rings. The molecule has 5 nitrogen and oxygen atoms in total. The molecule has 0 unspecified atom stereocenters. The highest BCUT2D eigenvalue weighted by molar-refractivity contribution is 5.79. The van der Waals surface area contributed by atoms with Gasteiger partial charge in [0.15, 0.2) is 5.82 Å². The smallest absolute Gasteiger partial charge is 0.225 e. The van der Waals surface area contributed by atoms with E-state index in [1.165, 1.54) is 29.5 Å². The second-order valence-corrected chi connectivity index (χ2v) is 9.76. The normalized spacial score (nSPS) is 16.8. The van der Waals surface area contributed by atoms with Crippen LogP contribution in [0, 0.1) is 19.8 Å². The van der Waals surface area contributed by atoms with Crippen molar-refractivity contribution in [3.8, 4) is 11.4 Å². The molecule has 176 valence electrons. The second-order valence-electron chi connectivity index (χ2n) is 9.76. The summed E-state index contributed by atoms with van der Waals surface area (Å²) in [5.41, 5.74) is 5.71. The molecular formula is C29H34N4O. The highest BCUT2D eigenvalue weighted by atomic mass is 16.2. The minimum absolute atomic E-state index is 0.245. The average molecular weight is 455 g/mol. The molecule has 1 saturated heterocycles. The number of amides is 1. The van der Waals surface area contributed by atoms with Gasteiger partial charge >= 0.3 is 0 Å². The number of benzene rings is 2. The Bertz CT molecular complexity index is 1150. The number of nitrogens with zero attached hydrogens (tertiary/aromatic N) is 4. The zero-order chi connectivity index (χ0) is 23.5. The fourth-order valence-electron chi connectivity index (χ4n) is 5.33. The van der Waals surface area contributed by atoms with Gasteiger partial charge in [-0.05, 0) is 38.3 Å². The predicted molar refractivity (Wildman–Crippen MR) is 137 cm³/mol. The third kappa shape index (κ3) is 4.84. The maximum Gasteiger partial charge on any atom is 0.225 e. The minimum atomic E-state index is 0.245. The van der Waals surface area contributed by atoms with E-state index in [1.807, 2.05) is 0 Å². The standard InChI is InChI=1S/C29H34N4O/c1-21-9-8-14-25(19-21)27-30-22(2)26(20-23-10-4-3-5-11-23)28(31-27)32-15-17-33(18-16-32)29(34)24-12-6-7-13-24/h3-5,8-11,14,19,24H,6-7,12-13,15-18,20H2,1-2H3. The van der Waals surface area contributed by atoms with Crippen molar-refractivity contribution in [2.24, 2.45) is 5.92 Å². The van der Waals surface area contributed by atoms with Gasteiger partial charge in [0.1, 0.15) is 5.82 Å². The second kappa shape index (κ2) is 9.96. The predicted octanol–water partition coefficient (Wildman–Crippen LogP) is 5.19. The van der Waals surface area contributed by atoms with Crippen LogP contribution < -0.4 is 4.90 Å². The molecule has 5 rings (SSSR count). The highest BCUT2D eigenvalue weighted by Gasteiger charge is 2.30. The molecule has 2 aliphatic rings. The lowest BCUT2D eigenvalue weighted by atomic mass is 10.0. The maximum absolute atomic E-state index is 13.0. The van der Waals surface area contributed by atoms with Crippen LogP contribution >= 0.6 is 0 Å². The summed E-state index contributed by atoms with van der Waals surface area (Å²) in [5.74, 6) is 2.40. The van der Waals surface area contributed by atoms with Crippen LogP contribution in [-0.2, 0) is 11.2 Å². The third-order valence-electron chi connectivity index (χ3n) is 7.29. The van der Waals surface area contributed by atoms with Crippen LogP contribution in [0.5, 0.6) is 0 Å². The van der Waals surface area contributed by atoms with E-state index >= 15 is 0 Å². The third-order valence-corrected chi connectivity index (χ3v) is 7.29. The van der Waals surface area contributed by atoms with E-state index in [0.29, 0.717) is 5.91 Å². The first-order valence-electron chi connectivity index (χ1n) is 12.6. The first-order chi connectivity index (χ1) is 16.6. The maximum atomic E-state index is 13.0. The van der Waals surface area contributed by atoms with Gasteiger partial charge in [-0.15, -0.1) is 0 Å². The molecule has 2 heterocycles. The topological polar surface area (TPSA) is 49.3 Å². The zero-order valence-corrected chi connectivity index (χ0v) is 20.3. The number of carbonyl (C=O) groups is 1. The Kier molecular flexibility index (Phi) is 6.61. The Morgan fingerprint density at radius 2 is 1.65 bits per heavy atom. The molecule has 0 radical (unpaired) electrons. The van der Waals surface area contributed by atoms with Gasteiger partial charge < -0.3 is 9.80 Å². The van der Waals surface area contributed by atoms with Gasteiger partial charge in [-0.25, -0.2) is 9.97 Å². The number of hydrogen-bond donors (Lipinski definition) is 0. The van der Waals surface area contributed by atoms with Gasteiger partial charge in [0.25, 0.3) is 0 Å². The number of carbonyl (C=O) groups excluding carboxylic acids is 1. The van der Waals surface area contributed by atoms with E-state index in [4.69, 9.17) is 9.97 Å². The molecular weight excluding hydrogens is 420 g/mol. The average Bonchev–Trinajstić information content (AvgIpc) is 3.41. The molecule has 0 bridgehead atoms. The van der Waals surface area contributed by atoms with Crippen molar-refractivity contribution < 1.29 is 4.79 Å². The highest BCUT2D eigenvalue weighted by Crippen LogP contribution is 2.30. The summed E-state index contributed by atoms with van der Waals surface area (Å²) in [6.45, 7) is 7.35. The molecule has 1 amide bonds. The molecule has 1 aromatic heterocycles. The lowest BCUT2D eigenvalue weighted by Crippen LogP contribution is -2.50. The summed E-state index contributed by atoms with van der Waals surface area (Å²) in [7, 11) is 0. The van der Waals surface area contributed by atoms with Gasteiger partial charge in [0.05, 0.1) is 0 Å². The number of anilines is 1. The Balaban J connectivity index is 1.44. The van der Waals surface area contributed by atoms with Crippen molar-refractivity contribution in [2.45, 2.75) is 46.0 Å². The molecule has 0 spiro atoms. The van der Waals surface area contributed by atoms with Crippen LogP contribution in [0.25, 0.3) is 11.4 Å². The molecule has 2 aromatic carbocycles. The number of aromatic nitrogens is 2. The van der Waals surface area contributed by atoms with E-state index in [2.05, 4.69) is 78.2 Å².